The van der Waals surface area contributed by atoms with E-state index in [-0.39, 0.29) is 24.2 Å². The molecule has 0 spiro atoms. The molecule has 1 N–H and O–H groups in total. The zero-order valence-corrected chi connectivity index (χ0v) is 16.0. The molecule has 2 fully saturated rings. The van der Waals surface area contributed by atoms with Crippen LogP contribution in [0.3, 0.4) is 0 Å². The Kier molecular flexibility index (Phi) is 5.25. The van der Waals surface area contributed by atoms with Crippen molar-refractivity contribution in [2.75, 3.05) is 4.90 Å². The van der Waals surface area contributed by atoms with E-state index in [2.05, 4.69) is 4.98 Å². The van der Waals surface area contributed by atoms with Gasteiger partial charge in [-0.05, 0) is 50.2 Å². The van der Waals surface area contributed by atoms with Crippen molar-refractivity contribution in [2.24, 2.45) is 11.8 Å². The van der Waals surface area contributed by atoms with Crippen molar-refractivity contribution in [1.29, 1.82) is 0 Å². The van der Waals surface area contributed by atoms with Gasteiger partial charge in [0.25, 0.3) is 0 Å². The Bertz CT molecular complexity index is 816. The first kappa shape index (κ1) is 18.2. The predicted octanol–water partition coefficient (Wildman–Crippen LogP) is 4.97. The number of benzene rings is 1. The molecule has 2 saturated carbocycles. The van der Waals surface area contributed by atoms with E-state index < -0.39 is 5.97 Å². The van der Waals surface area contributed by atoms with Crippen LogP contribution in [-0.4, -0.2) is 22.0 Å². The Morgan fingerprint density at radius 1 is 1.15 bits per heavy atom. The van der Waals surface area contributed by atoms with Crippen LogP contribution >= 0.6 is 11.3 Å². The number of carboxylic acids is 1. The number of anilines is 2. The van der Waals surface area contributed by atoms with E-state index in [1.54, 1.807) is 16.2 Å². The highest BCUT2D eigenvalue weighted by Crippen LogP contribution is 2.45. The molecule has 2 aromatic rings. The van der Waals surface area contributed by atoms with Crippen LogP contribution in [-0.2, 0) is 9.59 Å². The van der Waals surface area contributed by atoms with Crippen LogP contribution < -0.4 is 4.90 Å². The summed E-state index contributed by atoms with van der Waals surface area (Å²) in [6.45, 7) is 0. The minimum atomic E-state index is -0.774. The summed E-state index contributed by atoms with van der Waals surface area (Å²) in [7, 11) is 0. The Balaban J connectivity index is 1.59. The van der Waals surface area contributed by atoms with Gasteiger partial charge in [-0.2, -0.15) is 0 Å². The average molecular weight is 385 g/mol. The molecule has 2 aliphatic carbocycles. The third-order valence-electron chi connectivity index (χ3n) is 5.49. The monoisotopic (exact) mass is 384 g/mol. The fourth-order valence-corrected chi connectivity index (χ4v) is 5.09. The third kappa shape index (κ3) is 4.21. The van der Waals surface area contributed by atoms with E-state index in [0.29, 0.717) is 12.3 Å². The second-order valence-corrected chi connectivity index (χ2v) is 8.69. The van der Waals surface area contributed by atoms with Gasteiger partial charge in [0.1, 0.15) is 5.00 Å². The van der Waals surface area contributed by atoms with Crippen molar-refractivity contribution in [2.45, 2.75) is 50.9 Å². The maximum atomic E-state index is 13.5. The van der Waals surface area contributed by atoms with Crippen molar-refractivity contribution in [1.82, 2.24) is 4.98 Å². The lowest BCUT2D eigenvalue weighted by Gasteiger charge is -2.31. The normalized spacial score (nSPS) is 22.4. The first-order valence-corrected chi connectivity index (χ1v) is 10.5. The predicted molar refractivity (Wildman–Crippen MR) is 105 cm³/mol. The maximum Gasteiger partial charge on any atom is 0.303 e. The molecule has 2 aliphatic rings. The molecular weight excluding hydrogens is 360 g/mol. The standard InChI is InChI=1S/C21H24N2O3S/c24-19(25)12-14-5-4-6-16(11-14)21(26)23(17-7-2-1-3-8-17)18-13-22-20(27-18)15-9-10-15/h1-3,7-8,13-16H,4-6,9-12H2,(H,24,25). The van der Waals surface area contributed by atoms with Gasteiger partial charge in [0.15, 0.2) is 0 Å². The molecule has 2 unspecified atom stereocenters. The Morgan fingerprint density at radius 2 is 1.93 bits per heavy atom. The highest BCUT2D eigenvalue weighted by atomic mass is 32.1. The van der Waals surface area contributed by atoms with Crippen molar-refractivity contribution in [3.05, 3.63) is 41.5 Å². The molecular formula is C21H24N2O3S. The molecule has 0 saturated heterocycles. The number of para-hydroxylation sites is 1. The van der Waals surface area contributed by atoms with Crippen LogP contribution in [0.1, 0.15) is 55.9 Å². The van der Waals surface area contributed by atoms with Gasteiger partial charge in [0.2, 0.25) is 5.91 Å². The molecule has 5 nitrogen and oxygen atoms in total. The number of thiazole rings is 1. The SMILES string of the molecule is O=C(O)CC1CCCC(C(=O)N(c2ccccc2)c2cnc(C3CC3)s2)C1. The number of nitrogens with zero attached hydrogens (tertiary/aromatic N) is 2. The van der Waals surface area contributed by atoms with Crippen LogP contribution in [0.2, 0.25) is 0 Å². The molecule has 1 heterocycles. The van der Waals surface area contributed by atoms with E-state index in [9.17, 15) is 9.59 Å². The largest absolute Gasteiger partial charge is 0.481 e. The van der Waals surface area contributed by atoms with Crippen molar-refractivity contribution in [3.63, 3.8) is 0 Å². The topological polar surface area (TPSA) is 70.5 Å². The number of hydrogen-bond donors (Lipinski definition) is 1. The number of aliphatic carboxylic acids is 1. The molecule has 142 valence electrons. The van der Waals surface area contributed by atoms with Crippen LogP contribution in [0.5, 0.6) is 0 Å². The number of carboxylic acid groups (broad SMARTS) is 1. The maximum absolute atomic E-state index is 13.5. The van der Waals surface area contributed by atoms with Gasteiger partial charge in [-0.25, -0.2) is 4.98 Å². The third-order valence-corrected chi connectivity index (χ3v) is 6.63. The Hall–Kier alpha value is -2.21. The van der Waals surface area contributed by atoms with Gasteiger partial charge < -0.3 is 5.11 Å². The summed E-state index contributed by atoms with van der Waals surface area (Å²) in [5.74, 6) is -0.181. The van der Waals surface area contributed by atoms with Crippen LogP contribution in [0.4, 0.5) is 10.7 Å². The highest BCUT2D eigenvalue weighted by Gasteiger charge is 2.34. The number of amides is 1. The summed E-state index contributed by atoms with van der Waals surface area (Å²) >= 11 is 1.61. The van der Waals surface area contributed by atoms with Gasteiger partial charge in [-0.15, -0.1) is 11.3 Å². The summed E-state index contributed by atoms with van der Waals surface area (Å²) in [5.41, 5.74) is 0.855. The van der Waals surface area contributed by atoms with Crippen molar-refractivity contribution >= 4 is 33.9 Å². The van der Waals surface area contributed by atoms with E-state index in [1.165, 1.54) is 12.8 Å². The lowest BCUT2D eigenvalue weighted by Crippen LogP contribution is -2.35. The number of hydrogen-bond acceptors (Lipinski definition) is 4. The smallest absolute Gasteiger partial charge is 0.303 e. The summed E-state index contributed by atoms with van der Waals surface area (Å²) in [4.78, 5) is 30.9. The van der Waals surface area contributed by atoms with Crippen LogP contribution in [0, 0.1) is 11.8 Å². The Morgan fingerprint density at radius 3 is 2.63 bits per heavy atom. The molecule has 4 rings (SSSR count). The van der Waals surface area contributed by atoms with E-state index in [0.717, 1.165) is 35.0 Å². The van der Waals surface area contributed by atoms with E-state index in [1.807, 2.05) is 36.5 Å². The number of carbonyl (C=O) groups is 2. The van der Waals surface area contributed by atoms with Crippen LogP contribution in [0.25, 0.3) is 0 Å². The Labute approximate surface area is 163 Å². The lowest BCUT2D eigenvalue weighted by molar-refractivity contribution is -0.139. The van der Waals surface area contributed by atoms with Crippen LogP contribution in [0.15, 0.2) is 36.5 Å². The summed E-state index contributed by atoms with van der Waals surface area (Å²) in [5, 5.41) is 11.1. The first-order chi connectivity index (χ1) is 13.1. The minimum Gasteiger partial charge on any atom is -0.481 e. The molecule has 0 aliphatic heterocycles. The van der Waals surface area contributed by atoms with Gasteiger partial charge in [0.05, 0.1) is 11.2 Å². The summed E-state index contributed by atoms with van der Waals surface area (Å²) < 4.78 is 0. The van der Waals surface area contributed by atoms with Gasteiger partial charge in [0, 0.05) is 23.9 Å². The minimum absolute atomic E-state index is 0.0716. The molecule has 1 amide bonds. The summed E-state index contributed by atoms with van der Waals surface area (Å²) in [6.07, 6.45) is 7.63. The average Bonchev–Trinajstić information content (AvgIpc) is 3.41. The van der Waals surface area contributed by atoms with Crippen molar-refractivity contribution < 1.29 is 14.7 Å². The fraction of sp³-hybridized carbons (Fsp3) is 0.476. The summed E-state index contributed by atoms with van der Waals surface area (Å²) in [6, 6.07) is 9.72. The molecule has 2 atom stereocenters. The number of aromatic nitrogens is 1. The molecule has 1 aromatic heterocycles. The quantitative estimate of drug-likeness (QED) is 0.764. The van der Waals surface area contributed by atoms with E-state index >= 15 is 0 Å². The molecule has 27 heavy (non-hydrogen) atoms. The second-order valence-electron chi connectivity index (χ2n) is 7.65. The number of carbonyl (C=O) groups excluding carboxylic acids is 1. The second kappa shape index (κ2) is 7.80. The van der Waals surface area contributed by atoms with Gasteiger partial charge in [-0.1, -0.05) is 24.6 Å². The zero-order valence-electron chi connectivity index (χ0n) is 15.2. The fourth-order valence-electron chi connectivity index (χ4n) is 3.97. The molecule has 1 aromatic carbocycles. The molecule has 0 radical (unpaired) electrons. The number of rotatable bonds is 6. The first-order valence-electron chi connectivity index (χ1n) is 9.68. The molecule has 0 bridgehead atoms. The van der Waals surface area contributed by atoms with Gasteiger partial charge in [-0.3, -0.25) is 14.5 Å². The van der Waals surface area contributed by atoms with E-state index in [4.69, 9.17) is 5.11 Å². The molecule has 6 heteroatoms. The van der Waals surface area contributed by atoms with Crippen molar-refractivity contribution in [3.8, 4) is 0 Å². The van der Waals surface area contributed by atoms with Gasteiger partial charge >= 0.3 is 5.97 Å². The lowest BCUT2D eigenvalue weighted by atomic mass is 9.79. The zero-order chi connectivity index (χ0) is 18.8. The highest BCUT2D eigenvalue weighted by molar-refractivity contribution is 7.16.